The molecular formula is C20H20ClN3O2S. The third-order valence-electron chi connectivity index (χ3n) is 5.63. The van der Waals surface area contributed by atoms with Gasteiger partial charge < -0.3 is 10.6 Å². The Labute approximate surface area is 167 Å². The number of nitrogens with one attached hydrogen (secondary N) is 2. The molecule has 1 heterocycles. The fourth-order valence-corrected chi connectivity index (χ4v) is 5.20. The maximum absolute atomic E-state index is 12.7. The van der Waals surface area contributed by atoms with Crippen LogP contribution in [0.2, 0.25) is 5.02 Å². The number of amides is 2. The Morgan fingerprint density at radius 2 is 1.85 bits per heavy atom. The van der Waals surface area contributed by atoms with Crippen LogP contribution in [0.3, 0.4) is 0 Å². The number of carbonyl (C=O) groups is 2. The second-order valence-corrected chi connectivity index (χ2v) is 8.90. The van der Waals surface area contributed by atoms with Crippen LogP contribution in [0.4, 0.5) is 0 Å². The molecule has 2 bridgehead atoms. The topological polar surface area (TPSA) is 70.6 Å². The summed E-state index contributed by atoms with van der Waals surface area (Å²) >= 11 is 7.38. The lowest BCUT2D eigenvalue weighted by Gasteiger charge is -2.40. The molecule has 1 aromatic carbocycles. The third-order valence-corrected chi connectivity index (χ3v) is 6.70. The molecule has 7 heteroatoms. The van der Waals surface area contributed by atoms with Crippen LogP contribution < -0.4 is 10.6 Å². The summed E-state index contributed by atoms with van der Waals surface area (Å²) in [6, 6.07) is 9.62. The van der Waals surface area contributed by atoms with Crippen LogP contribution in [0.5, 0.6) is 0 Å². The number of benzene rings is 1. The van der Waals surface area contributed by atoms with E-state index < -0.39 is 0 Å². The molecule has 2 atom stereocenters. The van der Waals surface area contributed by atoms with E-state index in [0.29, 0.717) is 21.4 Å². The van der Waals surface area contributed by atoms with E-state index in [1.165, 1.54) is 11.8 Å². The zero-order chi connectivity index (χ0) is 18.9. The van der Waals surface area contributed by atoms with Gasteiger partial charge in [0.1, 0.15) is 0 Å². The molecule has 2 fully saturated rings. The lowest BCUT2D eigenvalue weighted by Crippen LogP contribution is -2.56. The normalized spacial score (nSPS) is 28.6. The van der Waals surface area contributed by atoms with Gasteiger partial charge in [0.2, 0.25) is 0 Å². The lowest BCUT2D eigenvalue weighted by molar-refractivity contribution is -0.116. The second kappa shape index (κ2) is 7.21. The van der Waals surface area contributed by atoms with Crippen LogP contribution in [0, 0.1) is 12.0 Å². The standard InChI is InChI=1S/C20H20ClN3O2S/c21-15-5-1-4-14(12-15)16(25)23-19-6-2-7-20(13-19,9-8-19)24-17(26)18-22-10-3-11-27-18/h1,4-5,12H,2,6-9,11,13H2,(H,23,25)(H,24,26). The molecular weight excluding hydrogens is 382 g/mol. The van der Waals surface area contributed by atoms with Crippen molar-refractivity contribution in [2.75, 3.05) is 5.75 Å². The minimum Gasteiger partial charge on any atom is -0.347 e. The van der Waals surface area contributed by atoms with E-state index >= 15 is 0 Å². The second-order valence-electron chi connectivity index (χ2n) is 7.50. The molecule has 1 aliphatic heterocycles. The molecule has 4 rings (SSSR count). The molecule has 2 amide bonds. The number of hydrogen-bond donors (Lipinski definition) is 2. The first kappa shape index (κ1) is 18.4. The first-order valence-electron chi connectivity index (χ1n) is 9.08. The fourth-order valence-electron chi connectivity index (χ4n) is 4.45. The molecule has 2 N–H and O–H groups in total. The number of hydrogen-bond acceptors (Lipinski definition) is 4. The van der Waals surface area contributed by atoms with Crippen molar-refractivity contribution in [1.82, 2.24) is 10.6 Å². The Morgan fingerprint density at radius 3 is 2.52 bits per heavy atom. The van der Waals surface area contributed by atoms with Gasteiger partial charge >= 0.3 is 0 Å². The minimum absolute atomic E-state index is 0.107. The van der Waals surface area contributed by atoms with E-state index in [4.69, 9.17) is 11.6 Å². The summed E-state index contributed by atoms with van der Waals surface area (Å²) in [5, 5.41) is 7.43. The molecule has 2 saturated carbocycles. The maximum Gasteiger partial charge on any atom is 0.277 e. The van der Waals surface area contributed by atoms with Gasteiger partial charge in [0, 0.05) is 27.7 Å². The molecule has 5 nitrogen and oxygen atoms in total. The summed E-state index contributed by atoms with van der Waals surface area (Å²) in [4.78, 5) is 29.3. The number of thioether (sulfide) groups is 1. The summed E-state index contributed by atoms with van der Waals surface area (Å²) in [6.07, 6.45) is 5.30. The average Bonchev–Trinajstić information content (AvgIpc) is 2.92. The van der Waals surface area contributed by atoms with Gasteiger partial charge in [-0.25, -0.2) is 0 Å². The van der Waals surface area contributed by atoms with Gasteiger partial charge in [-0.15, -0.1) is 0 Å². The molecule has 0 aromatic heterocycles. The number of fused-ring (bicyclic) bond motifs is 2. The fraction of sp³-hybridized carbons (Fsp3) is 0.450. The molecule has 140 valence electrons. The molecule has 2 aliphatic carbocycles. The minimum atomic E-state index is -0.273. The molecule has 0 saturated heterocycles. The van der Waals surface area contributed by atoms with Crippen molar-refractivity contribution < 1.29 is 9.59 Å². The Morgan fingerprint density at radius 1 is 1.11 bits per heavy atom. The van der Waals surface area contributed by atoms with Crippen molar-refractivity contribution in [3.8, 4) is 12.0 Å². The molecule has 27 heavy (non-hydrogen) atoms. The van der Waals surface area contributed by atoms with Gasteiger partial charge in [-0.1, -0.05) is 35.3 Å². The van der Waals surface area contributed by atoms with Crippen LogP contribution in [-0.2, 0) is 4.79 Å². The van der Waals surface area contributed by atoms with E-state index in [2.05, 4.69) is 27.6 Å². The summed E-state index contributed by atoms with van der Waals surface area (Å²) in [6.45, 7) is 0. The third kappa shape index (κ3) is 3.85. The molecule has 0 radical (unpaired) electrons. The summed E-state index contributed by atoms with van der Waals surface area (Å²) in [5.74, 6) is 3.18. The Kier molecular flexibility index (Phi) is 4.92. The molecule has 0 spiro atoms. The SMILES string of the molecule is O=C(NC12CCCC(NC(=O)c3cccc(Cl)c3)(CC1)C2)C1=NC#CCS1. The predicted molar refractivity (Wildman–Crippen MR) is 108 cm³/mol. The van der Waals surface area contributed by atoms with E-state index in [1.807, 2.05) is 0 Å². The summed E-state index contributed by atoms with van der Waals surface area (Å²) in [5.41, 5.74) is 0.0208. The number of nitrogens with zero attached hydrogens (tertiary/aromatic N) is 1. The zero-order valence-electron chi connectivity index (χ0n) is 14.8. The number of halogens is 1. The lowest BCUT2D eigenvalue weighted by atomic mass is 9.78. The highest BCUT2D eigenvalue weighted by Gasteiger charge is 2.52. The van der Waals surface area contributed by atoms with Crippen LogP contribution in [0.25, 0.3) is 0 Å². The average molecular weight is 402 g/mol. The van der Waals surface area contributed by atoms with Gasteiger partial charge in [-0.2, -0.15) is 4.99 Å². The largest absolute Gasteiger partial charge is 0.347 e. The highest BCUT2D eigenvalue weighted by Crippen LogP contribution is 2.48. The van der Waals surface area contributed by atoms with Crippen LogP contribution in [0.15, 0.2) is 29.3 Å². The number of rotatable bonds is 4. The molecule has 3 aliphatic rings. The zero-order valence-corrected chi connectivity index (χ0v) is 16.4. The first-order valence-corrected chi connectivity index (χ1v) is 10.4. The Balaban J connectivity index is 1.46. The maximum atomic E-state index is 12.7. The molecule has 2 unspecified atom stereocenters. The predicted octanol–water partition coefficient (Wildman–Crippen LogP) is 3.14. The van der Waals surface area contributed by atoms with Crippen molar-refractivity contribution in [3.63, 3.8) is 0 Å². The first-order chi connectivity index (χ1) is 13.0. The highest BCUT2D eigenvalue weighted by atomic mass is 35.5. The highest BCUT2D eigenvalue weighted by molar-refractivity contribution is 8.15. The van der Waals surface area contributed by atoms with Crippen molar-refractivity contribution in [1.29, 1.82) is 0 Å². The van der Waals surface area contributed by atoms with Gasteiger partial charge in [-0.05, 0) is 56.7 Å². The van der Waals surface area contributed by atoms with Crippen LogP contribution >= 0.6 is 23.4 Å². The van der Waals surface area contributed by atoms with Crippen LogP contribution in [-0.4, -0.2) is 33.7 Å². The van der Waals surface area contributed by atoms with E-state index in [1.54, 1.807) is 24.3 Å². The summed E-state index contributed by atoms with van der Waals surface area (Å²) in [7, 11) is 0. The van der Waals surface area contributed by atoms with Gasteiger partial charge in [0.25, 0.3) is 11.8 Å². The molecule has 1 aromatic rings. The Hall–Kier alpha value is -1.97. The smallest absolute Gasteiger partial charge is 0.277 e. The van der Waals surface area contributed by atoms with Crippen molar-refractivity contribution in [2.45, 2.75) is 49.6 Å². The van der Waals surface area contributed by atoms with E-state index in [9.17, 15) is 9.59 Å². The monoisotopic (exact) mass is 401 g/mol. The Bertz CT molecular complexity index is 891. The number of aliphatic imine (C=N–C) groups is 1. The van der Waals surface area contributed by atoms with Crippen molar-refractivity contribution in [2.24, 2.45) is 4.99 Å². The van der Waals surface area contributed by atoms with Crippen molar-refractivity contribution >= 4 is 40.2 Å². The summed E-state index contributed by atoms with van der Waals surface area (Å²) < 4.78 is 0. The van der Waals surface area contributed by atoms with Gasteiger partial charge in [0.15, 0.2) is 5.04 Å². The quantitative estimate of drug-likeness (QED) is 0.761. The van der Waals surface area contributed by atoms with E-state index in [0.717, 1.165) is 38.5 Å². The number of carbonyl (C=O) groups excluding carboxylic acids is 2. The van der Waals surface area contributed by atoms with Gasteiger partial charge in [-0.3, -0.25) is 9.59 Å². The van der Waals surface area contributed by atoms with E-state index in [-0.39, 0.29) is 22.9 Å². The van der Waals surface area contributed by atoms with Crippen molar-refractivity contribution in [3.05, 3.63) is 34.9 Å². The van der Waals surface area contributed by atoms with Gasteiger partial charge in [0.05, 0.1) is 5.75 Å². The van der Waals surface area contributed by atoms with Crippen LogP contribution in [0.1, 0.15) is 48.9 Å².